The highest BCUT2D eigenvalue weighted by Crippen LogP contribution is 2.33. The zero-order valence-electron chi connectivity index (χ0n) is 9.87. The normalized spacial score (nSPS) is 19.2. The molecule has 2 nitrogen and oxygen atoms in total. The Morgan fingerprint density at radius 3 is 2.79 bits per heavy atom. The van der Waals surface area contributed by atoms with E-state index < -0.39 is 11.7 Å². The molecule has 3 heterocycles. The molecule has 1 atom stereocenters. The van der Waals surface area contributed by atoms with Crippen LogP contribution in [0.25, 0.3) is 0 Å². The van der Waals surface area contributed by atoms with Crippen LogP contribution in [-0.2, 0) is 12.6 Å². The van der Waals surface area contributed by atoms with Gasteiger partial charge in [0, 0.05) is 17.6 Å². The molecule has 0 aliphatic carbocycles. The second kappa shape index (κ2) is 4.61. The molecule has 1 N–H and O–H groups in total. The summed E-state index contributed by atoms with van der Waals surface area (Å²) in [6.45, 7) is 0.820. The number of halogens is 3. The second-order valence-corrected chi connectivity index (χ2v) is 5.41. The first kappa shape index (κ1) is 12.6. The van der Waals surface area contributed by atoms with E-state index in [0.717, 1.165) is 30.8 Å². The molecular weight excluding hydrogens is 273 g/mol. The highest BCUT2D eigenvalue weighted by atomic mass is 32.1. The van der Waals surface area contributed by atoms with Crippen LogP contribution in [0.4, 0.5) is 13.2 Å². The third kappa shape index (κ3) is 2.37. The molecule has 0 saturated carbocycles. The van der Waals surface area contributed by atoms with Gasteiger partial charge in [-0.1, -0.05) is 0 Å². The summed E-state index contributed by atoms with van der Waals surface area (Å²) in [6, 6.07) is 4.45. The fourth-order valence-electron chi connectivity index (χ4n) is 2.26. The monoisotopic (exact) mass is 284 g/mol. The van der Waals surface area contributed by atoms with Gasteiger partial charge in [-0.05, 0) is 35.6 Å². The molecule has 0 radical (unpaired) electrons. The molecule has 0 spiro atoms. The number of hydrogen-bond donors (Lipinski definition) is 1. The van der Waals surface area contributed by atoms with E-state index in [2.05, 4.69) is 10.3 Å². The summed E-state index contributed by atoms with van der Waals surface area (Å²) in [5, 5.41) is 5.31. The Morgan fingerprint density at radius 2 is 2.11 bits per heavy atom. The SMILES string of the molecule is FC(F)(F)c1ccc(C2NCCc3sccc32)nc1. The Labute approximate surface area is 112 Å². The van der Waals surface area contributed by atoms with Gasteiger partial charge in [0.15, 0.2) is 0 Å². The highest BCUT2D eigenvalue weighted by Gasteiger charge is 2.31. The van der Waals surface area contributed by atoms with Crippen molar-refractivity contribution in [1.29, 1.82) is 0 Å². The number of rotatable bonds is 1. The van der Waals surface area contributed by atoms with E-state index in [4.69, 9.17) is 0 Å². The molecule has 3 rings (SSSR count). The molecule has 1 unspecified atom stereocenters. The number of aromatic nitrogens is 1. The lowest BCUT2D eigenvalue weighted by molar-refractivity contribution is -0.137. The fraction of sp³-hybridized carbons (Fsp3) is 0.308. The lowest BCUT2D eigenvalue weighted by Gasteiger charge is -2.24. The highest BCUT2D eigenvalue weighted by molar-refractivity contribution is 7.10. The smallest absolute Gasteiger partial charge is 0.305 e. The molecule has 0 amide bonds. The van der Waals surface area contributed by atoms with Crippen LogP contribution in [0.3, 0.4) is 0 Å². The van der Waals surface area contributed by atoms with Crippen LogP contribution in [0.2, 0.25) is 0 Å². The number of hydrogen-bond acceptors (Lipinski definition) is 3. The van der Waals surface area contributed by atoms with Gasteiger partial charge in [-0.15, -0.1) is 11.3 Å². The molecule has 6 heteroatoms. The number of pyridine rings is 1. The minimum Gasteiger partial charge on any atom is -0.305 e. The van der Waals surface area contributed by atoms with Crippen molar-refractivity contribution in [3.63, 3.8) is 0 Å². The molecule has 0 fully saturated rings. The topological polar surface area (TPSA) is 24.9 Å². The second-order valence-electron chi connectivity index (χ2n) is 4.41. The summed E-state index contributed by atoms with van der Waals surface area (Å²) < 4.78 is 37.5. The van der Waals surface area contributed by atoms with Gasteiger partial charge in [-0.25, -0.2) is 0 Å². The predicted octanol–water partition coefficient (Wildman–Crippen LogP) is 3.40. The van der Waals surface area contributed by atoms with Crippen LogP contribution < -0.4 is 5.32 Å². The van der Waals surface area contributed by atoms with E-state index >= 15 is 0 Å². The maximum Gasteiger partial charge on any atom is 0.417 e. The molecule has 2 aromatic heterocycles. The fourth-order valence-corrected chi connectivity index (χ4v) is 3.18. The average molecular weight is 284 g/mol. The van der Waals surface area contributed by atoms with Crippen LogP contribution in [0.15, 0.2) is 29.8 Å². The minimum absolute atomic E-state index is 0.0997. The first-order chi connectivity index (χ1) is 9.05. The van der Waals surface area contributed by atoms with Gasteiger partial charge in [-0.2, -0.15) is 13.2 Å². The predicted molar refractivity (Wildman–Crippen MR) is 67.1 cm³/mol. The van der Waals surface area contributed by atoms with Crippen molar-refractivity contribution in [1.82, 2.24) is 10.3 Å². The van der Waals surface area contributed by atoms with Gasteiger partial charge in [-0.3, -0.25) is 4.98 Å². The van der Waals surface area contributed by atoms with Crippen molar-refractivity contribution in [3.05, 3.63) is 51.5 Å². The van der Waals surface area contributed by atoms with Crippen molar-refractivity contribution in [3.8, 4) is 0 Å². The van der Waals surface area contributed by atoms with Crippen molar-refractivity contribution >= 4 is 11.3 Å². The zero-order chi connectivity index (χ0) is 13.5. The summed E-state index contributed by atoms with van der Waals surface area (Å²) in [5.41, 5.74) is 1.05. The van der Waals surface area contributed by atoms with Gasteiger partial charge in [0.2, 0.25) is 0 Å². The Hall–Kier alpha value is -1.40. The van der Waals surface area contributed by atoms with E-state index in [9.17, 15) is 13.2 Å². The molecular formula is C13H11F3N2S. The molecule has 100 valence electrons. The first-order valence-corrected chi connectivity index (χ1v) is 6.76. The Balaban J connectivity index is 1.93. The van der Waals surface area contributed by atoms with Crippen LogP contribution >= 0.6 is 11.3 Å². The lowest BCUT2D eigenvalue weighted by Crippen LogP contribution is -2.30. The maximum atomic E-state index is 12.5. The average Bonchev–Trinajstić information content (AvgIpc) is 2.86. The number of nitrogens with zero attached hydrogens (tertiary/aromatic N) is 1. The van der Waals surface area contributed by atoms with Crippen LogP contribution in [0.5, 0.6) is 0 Å². The number of alkyl halides is 3. The summed E-state index contributed by atoms with van der Waals surface area (Å²) in [4.78, 5) is 5.25. The van der Waals surface area contributed by atoms with E-state index in [1.807, 2.05) is 11.4 Å². The third-order valence-electron chi connectivity index (χ3n) is 3.20. The molecule has 0 aromatic carbocycles. The van der Waals surface area contributed by atoms with Crippen molar-refractivity contribution in [2.24, 2.45) is 0 Å². The number of nitrogens with one attached hydrogen (secondary N) is 1. The Morgan fingerprint density at radius 1 is 1.26 bits per heavy atom. The van der Waals surface area contributed by atoms with Crippen LogP contribution in [-0.4, -0.2) is 11.5 Å². The minimum atomic E-state index is -4.33. The van der Waals surface area contributed by atoms with E-state index in [1.54, 1.807) is 11.3 Å². The van der Waals surface area contributed by atoms with Crippen molar-refractivity contribution in [2.45, 2.75) is 18.6 Å². The number of thiophene rings is 1. The zero-order valence-corrected chi connectivity index (χ0v) is 10.7. The largest absolute Gasteiger partial charge is 0.417 e. The van der Waals surface area contributed by atoms with Gasteiger partial charge in [0.1, 0.15) is 0 Å². The van der Waals surface area contributed by atoms with Crippen LogP contribution in [0.1, 0.15) is 27.7 Å². The van der Waals surface area contributed by atoms with Crippen molar-refractivity contribution < 1.29 is 13.2 Å². The van der Waals surface area contributed by atoms with E-state index in [1.165, 1.54) is 10.9 Å². The Bertz CT molecular complexity index is 574. The molecule has 0 bridgehead atoms. The molecule has 2 aromatic rings. The summed E-state index contributed by atoms with van der Waals surface area (Å²) in [6.07, 6.45) is -2.47. The van der Waals surface area contributed by atoms with Crippen LogP contribution in [0, 0.1) is 0 Å². The van der Waals surface area contributed by atoms with Crippen molar-refractivity contribution in [2.75, 3.05) is 6.54 Å². The quantitative estimate of drug-likeness (QED) is 0.868. The Kier molecular flexibility index (Phi) is 3.06. The number of fused-ring (bicyclic) bond motifs is 1. The summed E-state index contributed by atoms with van der Waals surface area (Å²) in [5.74, 6) is 0. The molecule has 1 aliphatic heterocycles. The standard InChI is InChI=1S/C13H11F3N2S/c14-13(15,16)8-1-2-10(18-7-8)12-9-4-6-19-11(9)3-5-17-12/h1-2,4,6-7,12,17H,3,5H2. The molecule has 1 aliphatic rings. The summed E-state index contributed by atoms with van der Waals surface area (Å²) in [7, 11) is 0. The van der Waals surface area contributed by atoms with Gasteiger partial charge >= 0.3 is 6.18 Å². The molecule has 19 heavy (non-hydrogen) atoms. The lowest BCUT2D eigenvalue weighted by atomic mass is 9.99. The van der Waals surface area contributed by atoms with Gasteiger partial charge in [0.25, 0.3) is 0 Å². The first-order valence-electron chi connectivity index (χ1n) is 5.88. The van der Waals surface area contributed by atoms with Gasteiger partial charge in [0.05, 0.1) is 17.3 Å². The van der Waals surface area contributed by atoms with E-state index in [-0.39, 0.29) is 6.04 Å². The van der Waals surface area contributed by atoms with Gasteiger partial charge < -0.3 is 5.32 Å². The van der Waals surface area contributed by atoms with E-state index in [0.29, 0.717) is 5.69 Å². The maximum absolute atomic E-state index is 12.5. The summed E-state index contributed by atoms with van der Waals surface area (Å²) >= 11 is 1.68. The third-order valence-corrected chi connectivity index (χ3v) is 4.20. The molecule has 0 saturated heterocycles.